The molecule has 1 saturated heterocycles. The summed E-state index contributed by atoms with van der Waals surface area (Å²) in [6, 6.07) is 4.94. The molecular formula is C14H15Cl2NO3. The molecule has 1 aliphatic heterocycles. The SMILES string of the molecule is COC(=O)[C@H]1CCCN(C(=O)c2c(Cl)cccc2Cl)C1. The van der Waals surface area contributed by atoms with Crippen LogP contribution in [-0.4, -0.2) is 37.0 Å². The molecule has 1 amide bonds. The van der Waals surface area contributed by atoms with Gasteiger partial charge in [0.15, 0.2) is 0 Å². The summed E-state index contributed by atoms with van der Waals surface area (Å²) < 4.78 is 4.74. The quantitative estimate of drug-likeness (QED) is 0.788. The lowest BCUT2D eigenvalue weighted by Crippen LogP contribution is -2.42. The molecule has 1 fully saturated rings. The fraction of sp³-hybridized carbons (Fsp3) is 0.429. The first kappa shape index (κ1) is 15.1. The van der Waals surface area contributed by atoms with E-state index >= 15 is 0 Å². The number of amides is 1. The highest BCUT2D eigenvalue weighted by Crippen LogP contribution is 2.28. The largest absolute Gasteiger partial charge is 0.469 e. The van der Waals surface area contributed by atoms with E-state index in [1.807, 2.05) is 0 Å². The molecule has 0 N–H and O–H groups in total. The summed E-state index contributed by atoms with van der Waals surface area (Å²) in [5, 5.41) is 0.644. The van der Waals surface area contributed by atoms with Gasteiger partial charge in [0.2, 0.25) is 0 Å². The third-order valence-electron chi connectivity index (χ3n) is 3.42. The van der Waals surface area contributed by atoms with Crippen LogP contribution in [0.25, 0.3) is 0 Å². The third kappa shape index (κ3) is 3.07. The lowest BCUT2D eigenvalue weighted by Gasteiger charge is -2.31. The molecule has 108 valence electrons. The monoisotopic (exact) mass is 315 g/mol. The summed E-state index contributed by atoms with van der Waals surface area (Å²) in [4.78, 5) is 25.7. The van der Waals surface area contributed by atoms with Crippen LogP contribution in [0.15, 0.2) is 18.2 Å². The van der Waals surface area contributed by atoms with Crippen LogP contribution < -0.4 is 0 Å². The second-order valence-electron chi connectivity index (χ2n) is 4.71. The van der Waals surface area contributed by atoms with Gasteiger partial charge in [-0.05, 0) is 25.0 Å². The predicted octanol–water partition coefficient (Wildman–Crippen LogP) is 3.02. The molecule has 6 heteroatoms. The number of hydrogen-bond donors (Lipinski definition) is 0. The van der Waals surface area contributed by atoms with E-state index in [-0.39, 0.29) is 17.8 Å². The van der Waals surface area contributed by atoms with Crippen molar-refractivity contribution in [1.29, 1.82) is 0 Å². The van der Waals surface area contributed by atoms with Gasteiger partial charge in [-0.2, -0.15) is 0 Å². The highest BCUT2D eigenvalue weighted by Gasteiger charge is 2.30. The molecule has 0 aliphatic carbocycles. The number of benzene rings is 1. The third-order valence-corrected chi connectivity index (χ3v) is 4.05. The maximum absolute atomic E-state index is 12.5. The minimum absolute atomic E-state index is 0.241. The number of ether oxygens (including phenoxy) is 1. The van der Waals surface area contributed by atoms with E-state index < -0.39 is 0 Å². The van der Waals surface area contributed by atoms with Gasteiger partial charge in [-0.3, -0.25) is 9.59 Å². The molecule has 0 aromatic heterocycles. The standard InChI is InChI=1S/C14H15Cl2NO3/c1-20-14(19)9-4-3-7-17(8-9)13(18)12-10(15)5-2-6-11(12)16/h2,5-6,9H,3-4,7-8H2,1H3/t9-/m0/s1. The van der Waals surface area contributed by atoms with Crippen molar-refractivity contribution >= 4 is 35.1 Å². The van der Waals surface area contributed by atoms with Crippen molar-refractivity contribution < 1.29 is 14.3 Å². The second kappa shape index (κ2) is 6.46. The van der Waals surface area contributed by atoms with Crippen molar-refractivity contribution in [3.05, 3.63) is 33.8 Å². The Balaban J connectivity index is 2.19. The number of likely N-dealkylation sites (tertiary alicyclic amines) is 1. The van der Waals surface area contributed by atoms with Gasteiger partial charge in [0.25, 0.3) is 5.91 Å². The van der Waals surface area contributed by atoms with E-state index in [4.69, 9.17) is 27.9 Å². The van der Waals surface area contributed by atoms with Crippen LogP contribution >= 0.6 is 23.2 Å². The van der Waals surface area contributed by atoms with E-state index in [1.54, 1.807) is 23.1 Å². The molecule has 2 rings (SSSR count). The van der Waals surface area contributed by atoms with Crippen molar-refractivity contribution in [2.24, 2.45) is 5.92 Å². The molecule has 1 aromatic carbocycles. The highest BCUT2D eigenvalue weighted by molar-refractivity contribution is 6.39. The van der Waals surface area contributed by atoms with Gasteiger partial charge >= 0.3 is 5.97 Å². The molecular weight excluding hydrogens is 301 g/mol. The molecule has 1 atom stereocenters. The van der Waals surface area contributed by atoms with E-state index in [1.165, 1.54) is 7.11 Å². The van der Waals surface area contributed by atoms with Crippen LogP contribution in [0, 0.1) is 5.92 Å². The van der Waals surface area contributed by atoms with Crippen LogP contribution in [0.5, 0.6) is 0 Å². The number of carbonyl (C=O) groups excluding carboxylic acids is 2. The maximum Gasteiger partial charge on any atom is 0.310 e. The lowest BCUT2D eigenvalue weighted by atomic mass is 9.97. The van der Waals surface area contributed by atoms with E-state index in [0.29, 0.717) is 28.7 Å². The average Bonchev–Trinajstić information content (AvgIpc) is 2.46. The summed E-state index contributed by atoms with van der Waals surface area (Å²) in [7, 11) is 1.36. The Labute approximate surface area is 127 Å². The number of methoxy groups -OCH3 is 1. The molecule has 4 nitrogen and oxygen atoms in total. The number of carbonyl (C=O) groups is 2. The van der Waals surface area contributed by atoms with Gasteiger partial charge < -0.3 is 9.64 Å². The molecule has 20 heavy (non-hydrogen) atoms. The Hall–Kier alpha value is -1.26. The zero-order chi connectivity index (χ0) is 14.7. The zero-order valence-corrected chi connectivity index (χ0v) is 12.6. The topological polar surface area (TPSA) is 46.6 Å². The van der Waals surface area contributed by atoms with Gasteiger partial charge in [0, 0.05) is 13.1 Å². The van der Waals surface area contributed by atoms with Gasteiger partial charge in [0.1, 0.15) is 0 Å². The number of rotatable bonds is 2. The van der Waals surface area contributed by atoms with Gasteiger partial charge in [-0.25, -0.2) is 0 Å². The Morgan fingerprint density at radius 1 is 1.30 bits per heavy atom. The second-order valence-corrected chi connectivity index (χ2v) is 5.52. The summed E-state index contributed by atoms with van der Waals surface area (Å²) >= 11 is 12.1. The van der Waals surface area contributed by atoms with E-state index in [2.05, 4.69) is 0 Å². The number of hydrogen-bond acceptors (Lipinski definition) is 3. The minimum Gasteiger partial charge on any atom is -0.469 e. The summed E-state index contributed by atoms with van der Waals surface area (Å²) in [5.74, 6) is -0.805. The molecule has 0 saturated carbocycles. The lowest BCUT2D eigenvalue weighted by molar-refractivity contribution is -0.146. The first-order valence-electron chi connectivity index (χ1n) is 6.35. The Morgan fingerprint density at radius 2 is 1.95 bits per heavy atom. The van der Waals surface area contributed by atoms with Crippen LogP contribution in [0.2, 0.25) is 10.0 Å². The molecule has 1 heterocycles. The summed E-state index contributed by atoms with van der Waals surface area (Å²) in [5.41, 5.74) is 0.293. The van der Waals surface area contributed by atoms with E-state index in [9.17, 15) is 9.59 Å². The Bertz CT molecular complexity index is 513. The summed E-state index contributed by atoms with van der Waals surface area (Å²) in [6.07, 6.45) is 1.49. The number of esters is 1. The number of halogens is 2. The van der Waals surface area contributed by atoms with Crippen LogP contribution in [0.1, 0.15) is 23.2 Å². The van der Waals surface area contributed by atoms with Crippen molar-refractivity contribution in [1.82, 2.24) is 4.90 Å². The van der Waals surface area contributed by atoms with Crippen molar-refractivity contribution in [3.8, 4) is 0 Å². The van der Waals surface area contributed by atoms with Crippen molar-refractivity contribution in [2.45, 2.75) is 12.8 Å². The maximum atomic E-state index is 12.5. The Morgan fingerprint density at radius 3 is 2.55 bits per heavy atom. The fourth-order valence-electron chi connectivity index (χ4n) is 2.38. The van der Waals surface area contributed by atoms with Crippen LogP contribution in [0.3, 0.4) is 0 Å². The van der Waals surface area contributed by atoms with Gasteiger partial charge in [-0.1, -0.05) is 29.3 Å². The molecule has 1 aromatic rings. The zero-order valence-electron chi connectivity index (χ0n) is 11.1. The van der Waals surface area contributed by atoms with Gasteiger partial charge in [0.05, 0.1) is 28.6 Å². The highest BCUT2D eigenvalue weighted by atomic mass is 35.5. The number of piperidine rings is 1. The smallest absolute Gasteiger partial charge is 0.310 e. The first-order chi connectivity index (χ1) is 9.54. The van der Waals surface area contributed by atoms with E-state index in [0.717, 1.165) is 12.8 Å². The molecule has 0 bridgehead atoms. The van der Waals surface area contributed by atoms with Gasteiger partial charge in [-0.15, -0.1) is 0 Å². The first-order valence-corrected chi connectivity index (χ1v) is 7.11. The number of nitrogens with zero attached hydrogens (tertiary/aromatic N) is 1. The van der Waals surface area contributed by atoms with Crippen molar-refractivity contribution in [2.75, 3.05) is 20.2 Å². The van der Waals surface area contributed by atoms with Crippen molar-refractivity contribution in [3.63, 3.8) is 0 Å². The predicted molar refractivity (Wildman–Crippen MR) is 77.1 cm³/mol. The normalized spacial score (nSPS) is 18.8. The molecule has 0 spiro atoms. The average molecular weight is 316 g/mol. The van der Waals surface area contributed by atoms with Crippen LogP contribution in [0.4, 0.5) is 0 Å². The Kier molecular flexibility index (Phi) is 4.89. The molecule has 0 unspecified atom stereocenters. The van der Waals surface area contributed by atoms with Crippen LogP contribution in [-0.2, 0) is 9.53 Å². The molecule has 0 radical (unpaired) electrons. The molecule has 1 aliphatic rings. The fourth-order valence-corrected chi connectivity index (χ4v) is 2.94. The minimum atomic E-state index is -0.284. The summed E-state index contributed by atoms with van der Waals surface area (Å²) in [6.45, 7) is 0.931.